The number of carbonyl (C=O) groups excluding carboxylic acids is 2. The number of amides is 1. The first kappa shape index (κ1) is 13.9. The lowest BCUT2D eigenvalue weighted by molar-refractivity contribution is -0.145. The van der Waals surface area contributed by atoms with Gasteiger partial charge in [0.15, 0.2) is 6.19 Å². The van der Waals surface area contributed by atoms with Gasteiger partial charge in [0.05, 0.1) is 7.11 Å². The molecule has 0 aliphatic heterocycles. The standard InChI is InChI=1S/C9H12N2O5/c1-16-9(15)5-11(6-10)7(12)3-2-4-8(13)14/h2-5H2,1H3,(H,13,14). The minimum absolute atomic E-state index is 0.0865. The molecule has 0 aromatic heterocycles. The molecule has 0 saturated heterocycles. The smallest absolute Gasteiger partial charge is 0.326 e. The van der Waals surface area contributed by atoms with Crippen molar-refractivity contribution in [3.05, 3.63) is 0 Å². The van der Waals surface area contributed by atoms with Crippen LogP contribution in [0.15, 0.2) is 0 Å². The van der Waals surface area contributed by atoms with Gasteiger partial charge in [-0.2, -0.15) is 5.26 Å². The first-order chi connectivity index (χ1) is 7.51. The van der Waals surface area contributed by atoms with Crippen LogP contribution in [0.1, 0.15) is 19.3 Å². The van der Waals surface area contributed by atoms with Crippen LogP contribution in [0.2, 0.25) is 0 Å². The van der Waals surface area contributed by atoms with Gasteiger partial charge in [0.2, 0.25) is 5.91 Å². The van der Waals surface area contributed by atoms with E-state index in [0.717, 1.165) is 7.11 Å². The fourth-order valence-electron chi connectivity index (χ4n) is 0.899. The molecule has 0 aliphatic rings. The molecule has 0 spiro atoms. The summed E-state index contributed by atoms with van der Waals surface area (Å²) in [6, 6.07) is 0. The van der Waals surface area contributed by atoms with Crippen molar-refractivity contribution in [2.45, 2.75) is 19.3 Å². The summed E-state index contributed by atoms with van der Waals surface area (Å²) in [4.78, 5) is 32.9. The summed E-state index contributed by atoms with van der Waals surface area (Å²) in [7, 11) is 1.15. The molecule has 0 aromatic rings. The van der Waals surface area contributed by atoms with Crippen LogP contribution in [-0.2, 0) is 19.1 Å². The summed E-state index contributed by atoms with van der Waals surface area (Å²) < 4.78 is 4.30. The highest BCUT2D eigenvalue weighted by molar-refractivity contribution is 5.83. The van der Waals surface area contributed by atoms with Gasteiger partial charge in [-0.25, -0.2) is 4.90 Å². The minimum atomic E-state index is -1.01. The van der Waals surface area contributed by atoms with Crippen molar-refractivity contribution >= 4 is 17.8 Å². The average molecular weight is 228 g/mol. The third-order valence-electron chi connectivity index (χ3n) is 1.72. The summed E-state index contributed by atoms with van der Waals surface area (Å²) in [5, 5.41) is 16.9. The van der Waals surface area contributed by atoms with Crippen molar-refractivity contribution in [2.75, 3.05) is 13.7 Å². The first-order valence-corrected chi connectivity index (χ1v) is 4.50. The number of rotatable bonds is 6. The normalized spacial score (nSPS) is 9.00. The predicted molar refractivity (Wildman–Crippen MR) is 50.8 cm³/mol. The monoisotopic (exact) mass is 228 g/mol. The Balaban J connectivity index is 4.07. The molecule has 0 radical (unpaired) electrons. The lowest BCUT2D eigenvalue weighted by Gasteiger charge is -2.11. The number of esters is 1. The van der Waals surface area contributed by atoms with E-state index in [9.17, 15) is 14.4 Å². The highest BCUT2D eigenvalue weighted by Crippen LogP contribution is 2.00. The van der Waals surface area contributed by atoms with E-state index in [0.29, 0.717) is 4.90 Å². The summed E-state index contributed by atoms with van der Waals surface area (Å²) in [5.41, 5.74) is 0. The molecule has 0 atom stereocenters. The molecule has 88 valence electrons. The van der Waals surface area contributed by atoms with Crippen LogP contribution in [0.3, 0.4) is 0 Å². The number of hydrogen-bond acceptors (Lipinski definition) is 5. The molecule has 0 rings (SSSR count). The van der Waals surface area contributed by atoms with Crippen LogP contribution in [0, 0.1) is 11.5 Å². The van der Waals surface area contributed by atoms with Gasteiger partial charge in [-0.05, 0) is 6.42 Å². The minimum Gasteiger partial charge on any atom is -0.481 e. The van der Waals surface area contributed by atoms with E-state index in [1.54, 1.807) is 6.19 Å². The van der Waals surface area contributed by atoms with Gasteiger partial charge < -0.3 is 9.84 Å². The van der Waals surface area contributed by atoms with Crippen LogP contribution in [0.5, 0.6) is 0 Å². The highest BCUT2D eigenvalue weighted by atomic mass is 16.5. The lowest BCUT2D eigenvalue weighted by Crippen LogP contribution is -2.32. The molecule has 0 unspecified atom stereocenters. The van der Waals surface area contributed by atoms with Crippen LogP contribution >= 0.6 is 0 Å². The van der Waals surface area contributed by atoms with Crippen molar-refractivity contribution in [1.82, 2.24) is 4.90 Å². The van der Waals surface area contributed by atoms with Gasteiger partial charge in [0.1, 0.15) is 6.54 Å². The molecule has 0 saturated carbocycles. The first-order valence-electron chi connectivity index (χ1n) is 4.50. The number of ether oxygens (including phenoxy) is 1. The van der Waals surface area contributed by atoms with Crippen LogP contribution in [-0.4, -0.2) is 41.5 Å². The van der Waals surface area contributed by atoms with E-state index in [4.69, 9.17) is 10.4 Å². The molecule has 0 bridgehead atoms. The van der Waals surface area contributed by atoms with Gasteiger partial charge in [0, 0.05) is 12.8 Å². The summed E-state index contributed by atoms with van der Waals surface area (Å²) in [6.45, 7) is -0.446. The molecule has 16 heavy (non-hydrogen) atoms. The summed E-state index contributed by atoms with van der Waals surface area (Å²) in [5.74, 6) is -2.30. The summed E-state index contributed by atoms with van der Waals surface area (Å²) in [6.07, 6.45) is 1.44. The van der Waals surface area contributed by atoms with E-state index in [-0.39, 0.29) is 19.3 Å². The maximum atomic E-state index is 11.3. The Bertz CT molecular complexity index is 320. The zero-order valence-electron chi connectivity index (χ0n) is 8.80. The van der Waals surface area contributed by atoms with Gasteiger partial charge in [-0.3, -0.25) is 14.4 Å². The second-order valence-corrected chi connectivity index (χ2v) is 2.90. The zero-order chi connectivity index (χ0) is 12.6. The zero-order valence-corrected chi connectivity index (χ0v) is 8.80. The van der Waals surface area contributed by atoms with Gasteiger partial charge in [-0.1, -0.05) is 0 Å². The SMILES string of the molecule is COC(=O)CN(C#N)C(=O)CCCC(=O)O. The fraction of sp³-hybridized carbons (Fsp3) is 0.556. The van der Waals surface area contributed by atoms with E-state index >= 15 is 0 Å². The summed E-state index contributed by atoms with van der Waals surface area (Å²) >= 11 is 0. The van der Waals surface area contributed by atoms with Crippen molar-refractivity contribution in [1.29, 1.82) is 5.26 Å². The van der Waals surface area contributed by atoms with E-state index in [2.05, 4.69) is 4.74 Å². The van der Waals surface area contributed by atoms with Gasteiger partial charge in [-0.15, -0.1) is 0 Å². The molecule has 1 amide bonds. The Morgan fingerprint density at radius 1 is 1.38 bits per heavy atom. The van der Waals surface area contributed by atoms with Gasteiger partial charge >= 0.3 is 11.9 Å². The van der Waals surface area contributed by atoms with Crippen molar-refractivity contribution < 1.29 is 24.2 Å². The number of methoxy groups -OCH3 is 1. The number of carboxylic acids is 1. The Morgan fingerprint density at radius 3 is 2.44 bits per heavy atom. The number of nitriles is 1. The Hall–Kier alpha value is -2.10. The second kappa shape index (κ2) is 7.23. The molecule has 1 N–H and O–H groups in total. The second-order valence-electron chi connectivity index (χ2n) is 2.90. The van der Waals surface area contributed by atoms with Crippen LogP contribution < -0.4 is 0 Å². The number of nitrogens with zero attached hydrogens (tertiary/aromatic N) is 2. The third kappa shape index (κ3) is 5.59. The highest BCUT2D eigenvalue weighted by Gasteiger charge is 2.16. The number of carbonyl (C=O) groups is 3. The maximum Gasteiger partial charge on any atom is 0.326 e. The van der Waals surface area contributed by atoms with E-state index < -0.39 is 24.4 Å². The molecule has 7 heteroatoms. The molecule has 0 aliphatic carbocycles. The quantitative estimate of drug-likeness (QED) is 0.380. The van der Waals surface area contributed by atoms with Crippen LogP contribution in [0.4, 0.5) is 0 Å². The van der Waals surface area contributed by atoms with Crippen molar-refractivity contribution in [2.24, 2.45) is 0 Å². The lowest BCUT2D eigenvalue weighted by atomic mass is 10.2. The fourth-order valence-corrected chi connectivity index (χ4v) is 0.899. The van der Waals surface area contributed by atoms with E-state index in [1.165, 1.54) is 0 Å². The largest absolute Gasteiger partial charge is 0.481 e. The molecular formula is C9H12N2O5. The topological polar surface area (TPSA) is 108 Å². The van der Waals surface area contributed by atoms with Crippen molar-refractivity contribution in [3.8, 4) is 6.19 Å². The maximum absolute atomic E-state index is 11.3. The predicted octanol–water partition coefficient (Wildman–Crippen LogP) is -0.276. The molecule has 7 nitrogen and oxygen atoms in total. The Morgan fingerprint density at radius 2 is 2.00 bits per heavy atom. The third-order valence-corrected chi connectivity index (χ3v) is 1.72. The van der Waals surface area contributed by atoms with E-state index in [1.807, 2.05) is 0 Å². The number of aliphatic carboxylic acids is 1. The van der Waals surface area contributed by atoms with Crippen LogP contribution in [0.25, 0.3) is 0 Å². The number of carboxylic acid groups (broad SMARTS) is 1. The molecule has 0 aromatic carbocycles. The molecule has 0 fully saturated rings. The Labute approximate surface area is 92.2 Å². The molecule has 0 heterocycles. The molecular weight excluding hydrogens is 216 g/mol. The average Bonchev–Trinajstić information content (AvgIpc) is 2.24. The van der Waals surface area contributed by atoms with Crippen molar-refractivity contribution in [3.63, 3.8) is 0 Å². The van der Waals surface area contributed by atoms with Gasteiger partial charge in [0.25, 0.3) is 0 Å². The Kier molecular flexibility index (Phi) is 6.28. The number of hydrogen-bond donors (Lipinski definition) is 1.